The number of hydrogen-bond donors (Lipinski definition) is 1. The SMILES string of the molecule is CC1CC(O)(CC2CCOCC2)CN1C1CC1. The molecule has 1 aliphatic carbocycles. The van der Waals surface area contributed by atoms with Gasteiger partial charge < -0.3 is 9.84 Å². The molecule has 3 rings (SSSR count). The highest BCUT2D eigenvalue weighted by atomic mass is 16.5. The molecule has 0 radical (unpaired) electrons. The van der Waals surface area contributed by atoms with Gasteiger partial charge in [-0.15, -0.1) is 0 Å². The van der Waals surface area contributed by atoms with Gasteiger partial charge in [-0.3, -0.25) is 4.90 Å². The van der Waals surface area contributed by atoms with Crippen molar-refractivity contribution in [2.75, 3.05) is 19.8 Å². The molecular weight excluding hydrogens is 214 g/mol. The van der Waals surface area contributed by atoms with Crippen LogP contribution in [0.15, 0.2) is 0 Å². The summed E-state index contributed by atoms with van der Waals surface area (Å²) in [6.07, 6.45) is 6.93. The summed E-state index contributed by atoms with van der Waals surface area (Å²) in [5, 5.41) is 10.8. The normalized spacial score (nSPS) is 40.9. The molecule has 2 aliphatic heterocycles. The lowest BCUT2D eigenvalue weighted by atomic mass is 9.84. The molecule has 1 saturated carbocycles. The summed E-state index contributed by atoms with van der Waals surface area (Å²) >= 11 is 0. The van der Waals surface area contributed by atoms with E-state index < -0.39 is 5.60 Å². The average molecular weight is 239 g/mol. The van der Waals surface area contributed by atoms with Crippen LogP contribution in [0.2, 0.25) is 0 Å². The van der Waals surface area contributed by atoms with Gasteiger partial charge in [0.2, 0.25) is 0 Å². The number of hydrogen-bond acceptors (Lipinski definition) is 3. The zero-order valence-corrected chi connectivity index (χ0v) is 10.9. The predicted molar refractivity (Wildman–Crippen MR) is 66.9 cm³/mol. The Morgan fingerprint density at radius 2 is 1.94 bits per heavy atom. The van der Waals surface area contributed by atoms with E-state index >= 15 is 0 Å². The maximum absolute atomic E-state index is 10.8. The van der Waals surface area contributed by atoms with Crippen molar-refractivity contribution in [2.24, 2.45) is 5.92 Å². The van der Waals surface area contributed by atoms with Crippen molar-refractivity contribution in [1.82, 2.24) is 4.90 Å². The Morgan fingerprint density at radius 1 is 1.24 bits per heavy atom. The van der Waals surface area contributed by atoms with Gasteiger partial charge in [-0.1, -0.05) is 0 Å². The van der Waals surface area contributed by atoms with Crippen LogP contribution in [0.1, 0.15) is 45.4 Å². The number of rotatable bonds is 3. The van der Waals surface area contributed by atoms with Crippen LogP contribution in [0.5, 0.6) is 0 Å². The quantitative estimate of drug-likeness (QED) is 0.815. The van der Waals surface area contributed by atoms with E-state index in [4.69, 9.17) is 4.74 Å². The zero-order valence-electron chi connectivity index (χ0n) is 10.9. The minimum absolute atomic E-state index is 0.413. The molecule has 0 aromatic heterocycles. The molecule has 3 aliphatic rings. The Labute approximate surface area is 104 Å². The first-order valence-electron chi connectivity index (χ1n) is 7.22. The molecule has 0 spiro atoms. The Kier molecular flexibility index (Phi) is 3.18. The standard InChI is InChI=1S/C14H25NO2/c1-11-8-14(16,10-15(11)13-2-3-13)9-12-4-6-17-7-5-12/h11-13,16H,2-10H2,1H3. The highest BCUT2D eigenvalue weighted by Gasteiger charge is 2.46. The molecule has 17 heavy (non-hydrogen) atoms. The third-order valence-corrected chi connectivity index (χ3v) is 4.74. The van der Waals surface area contributed by atoms with E-state index in [0.717, 1.165) is 51.5 Å². The van der Waals surface area contributed by atoms with Crippen LogP contribution in [0.3, 0.4) is 0 Å². The van der Waals surface area contributed by atoms with Gasteiger partial charge in [0.1, 0.15) is 0 Å². The number of aliphatic hydroxyl groups is 1. The summed E-state index contributed by atoms with van der Waals surface area (Å²) in [5.41, 5.74) is -0.413. The lowest BCUT2D eigenvalue weighted by Gasteiger charge is -2.30. The molecular formula is C14H25NO2. The van der Waals surface area contributed by atoms with Gasteiger partial charge in [-0.25, -0.2) is 0 Å². The number of β-amino-alcohol motifs (C(OH)–C–C–N with tert-alkyl or cyclic N) is 1. The smallest absolute Gasteiger partial charge is 0.0791 e. The first-order chi connectivity index (χ1) is 8.16. The first kappa shape index (κ1) is 11.9. The third kappa shape index (κ3) is 2.67. The van der Waals surface area contributed by atoms with Crippen molar-refractivity contribution in [3.63, 3.8) is 0 Å². The first-order valence-corrected chi connectivity index (χ1v) is 7.22. The summed E-state index contributed by atoms with van der Waals surface area (Å²) < 4.78 is 5.40. The van der Waals surface area contributed by atoms with Gasteiger partial charge in [0, 0.05) is 31.8 Å². The summed E-state index contributed by atoms with van der Waals surface area (Å²) in [6.45, 7) is 4.97. The largest absolute Gasteiger partial charge is 0.388 e. The van der Waals surface area contributed by atoms with E-state index in [9.17, 15) is 5.11 Å². The minimum atomic E-state index is -0.413. The molecule has 0 aromatic rings. The molecule has 0 aromatic carbocycles. The average Bonchev–Trinajstić information content (AvgIpc) is 3.07. The predicted octanol–water partition coefficient (Wildman–Crippen LogP) is 1.79. The number of likely N-dealkylation sites (tertiary alicyclic amines) is 1. The van der Waals surface area contributed by atoms with Crippen LogP contribution in [-0.4, -0.2) is 47.4 Å². The fourth-order valence-electron chi connectivity index (χ4n) is 3.76. The molecule has 3 fully saturated rings. The Hall–Kier alpha value is -0.120. The Morgan fingerprint density at radius 3 is 2.59 bits per heavy atom. The maximum Gasteiger partial charge on any atom is 0.0791 e. The molecule has 3 nitrogen and oxygen atoms in total. The van der Waals surface area contributed by atoms with Crippen molar-refractivity contribution in [1.29, 1.82) is 0 Å². The van der Waals surface area contributed by atoms with Gasteiger partial charge in [-0.2, -0.15) is 0 Å². The van der Waals surface area contributed by atoms with E-state index in [1.807, 2.05) is 0 Å². The van der Waals surface area contributed by atoms with Crippen LogP contribution in [-0.2, 0) is 4.74 Å². The summed E-state index contributed by atoms with van der Waals surface area (Å²) in [7, 11) is 0. The van der Waals surface area contributed by atoms with Crippen LogP contribution in [0, 0.1) is 5.92 Å². The molecule has 0 amide bonds. The van der Waals surface area contributed by atoms with Gasteiger partial charge in [0.25, 0.3) is 0 Å². The van der Waals surface area contributed by atoms with E-state index in [-0.39, 0.29) is 0 Å². The van der Waals surface area contributed by atoms with Crippen molar-refractivity contribution in [3.8, 4) is 0 Å². The summed E-state index contributed by atoms with van der Waals surface area (Å²) in [5.74, 6) is 0.681. The summed E-state index contributed by atoms with van der Waals surface area (Å²) in [4.78, 5) is 2.54. The van der Waals surface area contributed by atoms with E-state index in [1.54, 1.807) is 0 Å². The van der Waals surface area contributed by atoms with E-state index in [1.165, 1.54) is 12.8 Å². The fraction of sp³-hybridized carbons (Fsp3) is 1.00. The molecule has 2 atom stereocenters. The second-order valence-corrected chi connectivity index (χ2v) is 6.44. The van der Waals surface area contributed by atoms with Crippen molar-refractivity contribution < 1.29 is 9.84 Å². The molecule has 98 valence electrons. The molecule has 2 heterocycles. The van der Waals surface area contributed by atoms with E-state index in [0.29, 0.717) is 12.0 Å². The van der Waals surface area contributed by atoms with Crippen molar-refractivity contribution in [2.45, 2.75) is 63.1 Å². The highest BCUT2D eigenvalue weighted by Crippen LogP contribution is 2.40. The van der Waals surface area contributed by atoms with Gasteiger partial charge in [0.05, 0.1) is 5.60 Å². The van der Waals surface area contributed by atoms with Crippen molar-refractivity contribution in [3.05, 3.63) is 0 Å². The lowest BCUT2D eigenvalue weighted by Crippen LogP contribution is -2.37. The molecule has 2 unspecified atom stereocenters. The van der Waals surface area contributed by atoms with Gasteiger partial charge >= 0.3 is 0 Å². The van der Waals surface area contributed by atoms with Crippen LogP contribution < -0.4 is 0 Å². The van der Waals surface area contributed by atoms with Crippen LogP contribution >= 0.6 is 0 Å². The van der Waals surface area contributed by atoms with Crippen LogP contribution in [0.4, 0.5) is 0 Å². The van der Waals surface area contributed by atoms with Crippen molar-refractivity contribution >= 4 is 0 Å². The maximum atomic E-state index is 10.8. The van der Waals surface area contributed by atoms with Gasteiger partial charge in [0.15, 0.2) is 0 Å². The highest BCUT2D eigenvalue weighted by molar-refractivity contribution is 5.01. The lowest BCUT2D eigenvalue weighted by molar-refractivity contribution is -0.00576. The molecule has 1 N–H and O–H groups in total. The van der Waals surface area contributed by atoms with Gasteiger partial charge in [-0.05, 0) is 51.4 Å². The monoisotopic (exact) mass is 239 g/mol. The Bertz CT molecular complexity index is 273. The molecule has 0 bridgehead atoms. The molecule has 3 heteroatoms. The summed E-state index contributed by atoms with van der Waals surface area (Å²) in [6, 6.07) is 1.36. The van der Waals surface area contributed by atoms with Crippen LogP contribution in [0.25, 0.3) is 0 Å². The zero-order chi connectivity index (χ0) is 11.9. The minimum Gasteiger partial charge on any atom is -0.388 e. The van der Waals surface area contributed by atoms with E-state index in [2.05, 4.69) is 11.8 Å². The fourth-order valence-corrected chi connectivity index (χ4v) is 3.76. The topological polar surface area (TPSA) is 32.7 Å². The second kappa shape index (κ2) is 4.52. The molecule has 2 saturated heterocycles. The second-order valence-electron chi connectivity index (χ2n) is 6.44. The number of nitrogens with zero attached hydrogens (tertiary/aromatic N) is 1. The third-order valence-electron chi connectivity index (χ3n) is 4.74. The number of ether oxygens (including phenoxy) is 1. The Balaban J connectivity index is 1.57.